The third-order valence-corrected chi connectivity index (χ3v) is 5.77. The van der Waals surface area contributed by atoms with Gasteiger partial charge in [-0.3, -0.25) is 19.7 Å². The lowest BCUT2D eigenvalue weighted by molar-refractivity contribution is -0.117. The lowest BCUT2D eigenvalue weighted by Gasteiger charge is -2.11. The van der Waals surface area contributed by atoms with E-state index in [1.165, 1.54) is 11.3 Å². The number of nitrogens with one attached hydrogen (secondary N) is 2. The van der Waals surface area contributed by atoms with Crippen LogP contribution < -0.4 is 16.4 Å². The molecule has 0 saturated heterocycles. The maximum atomic E-state index is 12.7. The normalized spacial score (nSPS) is 14.8. The molecule has 4 rings (SSSR count). The minimum Gasteiger partial charge on any atom is -0.366 e. The number of thiazole rings is 1. The van der Waals surface area contributed by atoms with Crippen molar-refractivity contribution in [2.75, 3.05) is 10.6 Å². The lowest BCUT2D eigenvalue weighted by Crippen LogP contribution is -2.20. The summed E-state index contributed by atoms with van der Waals surface area (Å²) in [6, 6.07) is 15.3. The number of benzene rings is 2. The number of amides is 3. The highest BCUT2D eigenvalue weighted by atomic mass is 32.1. The van der Waals surface area contributed by atoms with Crippen molar-refractivity contribution in [3.63, 3.8) is 0 Å². The van der Waals surface area contributed by atoms with E-state index in [1.807, 2.05) is 6.07 Å². The van der Waals surface area contributed by atoms with Crippen LogP contribution in [0.1, 0.15) is 43.6 Å². The molecule has 1 aliphatic rings. The van der Waals surface area contributed by atoms with Gasteiger partial charge in [0, 0.05) is 21.7 Å². The number of aromatic nitrogens is 1. The predicted molar refractivity (Wildman–Crippen MR) is 111 cm³/mol. The van der Waals surface area contributed by atoms with Crippen LogP contribution in [-0.2, 0) is 11.2 Å². The van der Waals surface area contributed by atoms with Gasteiger partial charge in [-0.25, -0.2) is 4.98 Å². The van der Waals surface area contributed by atoms with E-state index >= 15 is 0 Å². The SMILES string of the molecule is NC(=O)c1ccc(NC(=O)[C@H]2CCc3sc(NC(=O)c4ccccc4)nc32)cc1. The highest BCUT2D eigenvalue weighted by molar-refractivity contribution is 7.16. The Morgan fingerprint density at radius 2 is 1.69 bits per heavy atom. The molecule has 1 aliphatic carbocycles. The Morgan fingerprint density at radius 1 is 0.966 bits per heavy atom. The first-order chi connectivity index (χ1) is 14.0. The molecule has 1 atom stereocenters. The highest BCUT2D eigenvalue weighted by Crippen LogP contribution is 2.39. The van der Waals surface area contributed by atoms with Gasteiger partial charge >= 0.3 is 0 Å². The summed E-state index contributed by atoms with van der Waals surface area (Å²) < 4.78 is 0. The van der Waals surface area contributed by atoms with Crippen LogP contribution in [0.3, 0.4) is 0 Å². The van der Waals surface area contributed by atoms with Gasteiger partial charge in [-0.05, 0) is 49.2 Å². The van der Waals surface area contributed by atoms with Gasteiger partial charge in [-0.2, -0.15) is 0 Å². The molecule has 7 nitrogen and oxygen atoms in total. The first-order valence-electron chi connectivity index (χ1n) is 9.08. The number of hydrogen-bond donors (Lipinski definition) is 3. The summed E-state index contributed by atoms with van der Waals surface area (Å²) in [6.45, 7) is 0. The van der Waals surface area contributed by atoms with Gasteiger partial charge in [-0.15, -0.1) is 11.3 Å². The van der Waals surface area contributed by atoms with Crippen molar-refractivity contribution in [3.8, 4) is 0 Å². The Morgan fingerprint density at radius 3 is 2.38 bits per heavy atom. The molecule has 29 heavy (non-hydrogen) atoms. The fourth-order valence-corrected chi connectivity index (χ4v) is 4.28. The maximum Gasteiger partial charge on any atom is 0.257 e. The second kappa shape index (κ2) is 7.84. The smallest absolute Gasteiger partial charge is 0.257 e. The minimum absolute atomic E-state index is 0.165. The van der Waals surface area contributed by atoms with Crippen LogP contribution >= 0.6 is 11.3 Å². The van der Waals surface area contributed by atoms with Gasteiger partial charge in [0.1, 0.15) is 0 Å². The first-order valence-corrected chi connectivity index (χ1v) is 9.89. The van der Waals surface area contributed by atoms with Crippen LogP contribution in [0.4, 0.5) is 10.8 Å². The summed E-state index contributed by atoms with van der Waals surface area (Å²) in [6.07, 6.45) is 1.42. The highest BCUT2D eigenvalue weighted by Gasteiger charge is 2.33. The van der Waals surface area contributed by atoms with Crippen LogP contribution in [0.5, 0.6) is 0 Å². The van der Waals surface area contributed by atoms with E-state index < -0.39 is 5.91 Å². The Bertz CT molecular complexity index is 1080. The van der Waals surface area contributed by atoms with Crippen LogP contribution in [0.25, 0.3) is 0 Å². The van der Waals surface area contributed by atoms with Crippen molar-refractivity contribution < 1.29 is 14.4 Å². The van der Waals surface area contributed by atoms with E-state index in [1.54, 1.807) is 48.5 Å². The Hall–Kier alpha value is -3.52. The summed E-state index contributed by atoms with van der Waals surface area (Å²) >= 11 is 1.40. The molecule has 0 bridgehead atoms. The first kappa shape index (κ1) is 18.8. The van der Waals surface area contributed by atoms with E-state index in [9.17, 15) is 14.4 Å². The zero-order valence-electron chi connectivity index (χ0n) is 15.3. The van der Waals surface area contributed by atoms with E-state index in [2.05, 4.69) is 15.6 Å². The molecular weight excluding hydrogens is 388 g/mol. The third kappa shape index (κ3) is 4.02. The Kier molecular flexibility index (Phi) is 5.09. The molecule has 1 aromatic heterocycles. The van der Waals surface area contributed by atoms with Crippen molar-refractivity contribution in [2.24, 2.45) is 5.73 Å². The van der Waals surface area contributed by atoms with Gasteiger partial charge in [0.15, 0.2) is 5.13 Å². The molecule has 1 heterocycles. The van der Waals surface area contributed by atoms with E-state index in [0.29, 0.717) is 34.1 Å². The van der Waals surface area contributed by atoms with Crippen LogP contribution in [-0.4, -0.2) is 22.7 Å². The van der Waals surface area contributed by atoms with Gasteiger partial charge < -0.3 is 11.1 Å². The van der Waals surface area contributed by atoms with E-state index in [0.717, 1.165) is 11.3 Å². The summed E-state index contributed by atoms with van der Waals surface area (Å²) in [4.78, 5) is 41.7. The van der Waals surface area contributed by atoms with Gasteiger partial charge in [-0.1, -0.05) is 18.2 Å². The minimum atomic E-state index is -0.518. The summed E-state index contributed by atoms with van der Waals surface area (Å²) in [5, 5.41) is 6.15. The number of nitrogens with two attached hydrogens (primary N) is 1. The maximum absolute atomic E-state index is 12.7. The van der Waals surface area contributed by atoms with Crippen molar-refractivity contribution >= 4 is 39.9 Å². The average Bonchev–Trinajstić information content (AvgIpc) is 3.29. The zero-order valence-corrected chi connectivity index (χ0v) is 16.2. The fourth-order valence-electron chi connectivity index (χ4n) is 3.24. The Labute approximate surface area is 171 Å². The van der Waals surface area contributed by atoms with Crippen molar-refractivity contribution in [1.82, 2.24) is 4.98 Å². The van der Waals surface area contributed by atoms with E-state index in [-0.39, 0.29) is 17.7 Å². The van der Waals surface area contributed by atoms with Crippen LogP contribution in [0, 0.1) is 0 Å². The predicted octanol–water partition coefficient (Wildman–Crippen LogP) is 3.16. The standard InChI is InChI=1S/C21H18N4O3S/c22-18(26)12-6-8-14(9-7-12)23-20(28)15-10-11-16-17(15)24-21(29-16)25-19(27)13-4-2-1-3-5-13/h1-9,15H,10-11H2,(H2,22,26)(H,23,28)(H,24,25,27)/t15-/m0/s1. The molecule has 0 fully saturated rings. The zero-order chi connectivity index (χ0) is 20.4. The molecule has 0 saturated carbocycles. The van der Waals surface area contributed by atoms with Crippen molar-refractivity contribution in [1.29, 1.82) is 0 Å². The van der Waals surface area contributed by atoms with Crippen molar-refractivity contribution in [2.45, 2.75) is 18.8 Å². The van der Waals surface area contributed by atoms with Crippen LogP contribution in [0.2, 0.25) is 0 Å². The molecule has 0 aliphatic heterocycles. The number of fused-ring (bicyclic) bond motifs is 1. The number of primary amides is 1. The summed E-state index contributed by atoms with van der Waals surface area (Å²) in [5.41, 5.74) is 7.46. The number of nitrogens with zero attached hydrogens (tertiary/aromatic N) is 1. The second-order valence-electron chi connectivity index (χ2n) is 6.67. The molecule has 8 heteroatoms. The number of hydrogen-bond acceptors (Lipinski definition) is 5. The molecule has 3 amide bonds. The van der Waals surface area contributed by atoms with Gasteiger partial charge in [0.25, 0.3) is 5.91 Å². The molecule has 4 N–H and O–H groups in total. The average molecular weight is 406 g/mol. The third-order valence-electron chi connectivity index (χ3n) is 4.73. The molecule has 3 aromatic rings. The van der Waals surface area contributed by atoms with Crippen LogP contribution in [0.15, 0.2) is 54.6 Å². The van der Waals surface area contributed by atoms with E-state index in [4.69, 9.17) is 5.73 Å². The lowest BCUT2D eigenvalue weighted by atomic mass is 10.1. The largest absolute Gasteiger partial charge is 0.366 e. The molecular formula is C21H18N4O3S. The van der Waals surface area contributed by atoms with Gasteiger partial charge in [0.2, 0.25) is 11.8 Å². The molecule has 2 aromatic carbocycles. The summed E-state index contributed by atoms with van der Waals surface area (Å²) in [7, 11) is 0. The molecule has 0 spiro atoms. The number of aryl methyl sites for hydroxylation is 1. The fraction of sp³-hybridized carbons (Fsp3) is 0.143. The number of carbonyl (C=O) groups is 3. The monoisotopic (exact) mass is 406 g/mol. The molecule has 0 unspecified atom stereocenters. The second-order valence-corrected chi connectivity index (χ2v) is 7.75. The number of rotatable bonds is 5. The molecule has 146 valence electrons. The topological polar surface area (TPSA) is 114 Å². The quantitative estimate of drug-likeness (QED) is 0.604. The Balaban J connectivity index is 1.45. The number of anilines is 2. The summed E-state index contributed by atoms with van der Waals surface area (Å²) in [5.74, 6) is -1.29. The number of carbonyl (C=O) groups excluding carboxylic acids is 3. The van der Waals surface area contributed by atoms with Gasteiger partial charge in [0.05, 0.1) is 11.6 Å². The molecule has 0 radical (unpaired) electrons. The van der Waals surface area contributed by atoms with Crippen molar-refractivity contribution in [3.05, 3.63) is 76.3 Å².